The van der Waals surface area contributed by atoms with E-state index in [1.807, 2.05) is 22.8 Å². The summed E-state index contributed by atoms with van der Waals surface area (Å²) < 4.78 is 51.9. The summed E-state index contributed by atoms with van der Waals surface area (Å²) in [6, 6.07) is 11.4. The molecule has 0 amide bonds. The first-order chi connectivity index (χ1) is 14.0. The van der Waals surface area contributed by atoms with Gasteiger partial charge < -0.3 is 19.4 Å². The van der Waals surface area contributed by atoms with Gasteiger partial charge in [-0.15, -0.1) is 0 Å². The van der Waals surface area contributed by atoms with Crippen LogP contribution < -0.4 is 14.8 Å². The molecule has 0 bridgehead atoms. The fraction of sp³-hybridized carbons (Fsp3) is 0.286. The van der Waals surface area contributed by atoms with E-state index in [1.165, 1.54) is 12.1 Å². The summed E-state index contributed by atoms with van der Waals surface area (Å²) in [7, 11) is 0. The first-order valence-electron chi connectivity index (χ1n) is 9.24. The lowest BCUT2D eigenvalue weighted by Gasteiger charge is -2.13. The van der Waals surface area contributed by atoms with E-state index in [4.69, 9.17) is 9.47 Å². The third-order valence-corrected chi connectivity index (χ3v) is 4.78. The number of halogens is 3. The molecule has 2 aromatic carbocycles. The van der Waals surface area contributed by atoms with Gasteiger partial charge in [0, 0.05) is 37.9 Å². The van der Waals surface area contributed by atoms with E-state index in [2.05, 4.69) is 10.3 Å². The van der Waals surface area contributed by atoms with Gasteiger partial charge in [0.1, 0.15) is 0 Å². The van der Waals surface area contributed by atoms with Crippen molar-refractivity contribution in [1.29, 1.82) is 0 Å². The average molecular weight is 403 g/mol. The largest absolute Gasteiger partial charge is 0.454 e. The number of benzene rings is 2. The van der Waals surface area contributed by atoms with E-state index in [0.29, 0.717) is 19.5 Å². The summed E-state index contributed by atoms with van der Waals surface area (Å²) in [4.78, 5) is 4.20. The Morgan fingerprint density at radius 3 is 2.76 bits per heavy atom. The van der Waals surface area contributed by atoms with Gasteiger partial charge in [-0.3, -0.25) is 0 Å². The fourth-order valence-electron chi connectivity index (χ4n) is 3.33. The van der Waals surface area contributed by atoms with E-state index in [1.54, 1.807) is 18.6 Å². The second kappa shape index (κ2) is 8.16. The lowest BCUT2D eigenvalue weighted by atomic mass is 10.1. The van der Waals surface area contributed by atoms with Crippen molar-refractivity contribution >= 4 is 0 Å². The molecule has 0 saturated heterocycles. The number of hydrogen-bond donors (Lipinski definition) is 1. The van der Waals surface area contributed by atoms with Crippen molar-refractivity contribution in [2.75, 3.05) is 13.3 Å². The minimum absolute atomic E-state index is 0.159. The molecule has 0 aliphatic carbocycles. The summed E-state index contributed by atoms with van der Waals surface area (Å²) in [5.41, 5.74) is 1.70. The van der Waals surface area contributed by atoms with Gasteiger partial charge in [-0.25, -0.2) is 4.98 Å². The van der Waals surface area contributed by atoms with Crippen LogP contribution in [0.15, 0.2) is 55.0 Å². The van der Waals surface area contributed by atoms with Gasteiger partial charge in [-0.05, 0) is 29.3 Å². The van der Waals surface area contributed by atoms with Crippen LogP contribution in [0.5, 0.6) is 11.5 Å². The highest BCUT2D eigenvalue weighted by atomic mass is 19.4. The minimum atomic E-state index is -4.35. The fourth-order valence-corrected chi connectivity index (χ4v) is 3.33. The highest BCUT2D eigenvalue weighted by Gasteiger charge is 2.32. The predicted octanol–water partition coefficient (Wildman–Crippen LogP) is 4.01. The van der Waals surface area contributed by atoms with Gasteiger partial charge in [0.15, 0.2) is 11.5 Å². The summed E-state index contributed by atoms with van der Waals surface area (Å²) in [5.74, 6) is 1.47. The van der Waals surface area contributed by atoms with Crippen LogP contribution in [0, 0.1) is 0 Å². The first kappa shape index (κ1) is 19.3. The van der Waals surface area contributed by atoms with Crippen LogP contribution in [0.4, 0.5) is 13.2 Å². The normalized spacial score (nSPS) is 13.1. The van der Waals surface area contributed by atoms with Crippen LogP contribution in [0.25, 0.3) is 0 Å². The smallest absolute Gasteiger partial charge is 0.416 e. The third-order valence-electron chi connectivity index (χ3n) is 4.78. The van der Waals surface area contributed by atoms with Gasteiger partial charge in [-0.2, -0.15) is 13.2 Å². The van der Waals surface area contributed by atoms with E-state index in [-0.39, 0.29) is 18.9 Å². The van der Waals surface area contributed by atoms with Crippen molar-refractivity contribution in [2.45, 2.75) is 25.7 Å². The third kappa shape index (κ3) is 4.54. The van der Waals surface area contributed by atoms with Crippen molar-refractivity contribution in [3.63, 3.8) is 0 Å². The molecule has 3 aromatic rings. The molecule has 29 heavy (non-hydrogen) atoms. The number of imidazole rings is 1. The molecule has 0 fully saturated rings. The van der Waals surface area contributed by atoms with Gasteiger partial charge >= 0.3 is 6.18 Å². The zero-order chi connectivity index (χ0) is 20.3. The second-order valence-corrected chi connectivity index (χ2v) is 6.78. The zero-order valence-electron chi connectivity index (χ0n) is 15.6. The Bertz CT molecular complexity index is 985. The molecule has 0 saturated carbocycles. The van der Waals surface area contributed by atoms with E-state index < -0.39 is 11.7 Å². The molecule has 2 heterocycles. The van der Waals surface area contributed by atoms with Crippen LogP contribution in [0.2, 0.25) is 0 Å². The van der Waals surface area contributed by atoms with Crippen LogP contribution in [-0.2, 0) is 25.7 Å². The van der Waals surface area contributed by atoms with Crippen molar-refractivity contribution in [3.05, 3.63) is 77.4 Å². The van der Waals surface area contributed by atoms with E-state index in [0.717, 1.165) is 28.8 Å². The molecule has 1 N–H and O–H groups in total. The molecular formula is C21H20F3N3O2. The highest BCUT2D eigenvalue weighted by molar-refractivity contribution is 5.44. The quantitative estimate of drug-likeness (QED) is 0.606. The number of nitrogens with one attached hydrogen (secondary N) is 1. The Balaban J connectivity index is 1.34. The number of aromatic nitrogens is 2. The summed E-state index contributed by atoms with van der Waals surface area (Å²) in [5, 5.41) is 3.10. The van der Waals surface area contributed by atoms with Crippen LogP contribution in [-0.4, -0.2) is 22.9 Å². The van der Waals surface area contributed by atoms with Crippen LogP contribution >= 0.6 is 0 Å². The number of rotatable bonds is 7. The molecule has 4 rings (SSSR count). The second-order valence-electron chi connectivity index (χ2n) is 6.78. The van der Waals surface area contributed by atoms with Gasteiger partial charge in [0.25, 0.3) is 0 Å². The van der Waals surface area contributed by atoms with Gasteiger partial charge in [0.05, 0.1) is 11.9 Å². The summed E-state index contributed by atoms with van der Waals surface area (Å²) >= 11 is 0. The topological polar surface area (TPSA) is 48.3 Å². The molecular weight excluding hydrogens is 383 g/mol. The molecule has 0 spiro atoms. The highest BCUT2D eigenvalue weighted by Crippen LogP contribution is 2.33. The lowest BCUT2D eigenvalue weighted by molar-refractivity contribution is -0.138. The zero-order valence-corrected chi connectivity index (χ0v) is 15.6. The van der Waals surface area contributed by atoms with E-state index >= 15 is 0 Å². The predicted molar refractivity (Wildman–Crippen MR) is 101 cm³/mol. The average Bonchev–Trinajstić information content (AvgIpc) is 3.34. The number of nitrogens with zero attached hydrogens (tertiary/aromatic N) is 2. The van der Waals surface area contributed by atoms with Crippen LogP contribution in [0.3, 0.4) is 0 Å². The Morgan fingerprint density at radius 2 is 1.90 bits per heavy atom. The molecule has 0 atom stereocenters. The van der Waals surface area contributed by atoms with Crippen molar-refractivity contribution < 1.29 is 22.6 Å². The van der Waals surface area contributed by atoms with Gasteiger partial charge in [-0.1, -0.05) is 24.3 Å². The van der Waals surface area contributed by atoms with Crippen molar-refractivity contribution in [2.24, 2.45) is 0 Å². The summed E-state index contributed by atoms with van der Waals surface area (Å²) in [6.07, 6.45) is -0.169. The minimum Gasteiger partial charge on any atom is -0.454 e. The molecule has 5 nitrogen and oxygen atoms in total. The molecule has 1 aliphatic rings. The Labute approximate surface area is 166 Å². The molecule has 8 heteroatoms. The van der Waals surface area contributed by atoms with E-state index in [9.17, 15) is 13.2 Å². The molecule has 1 aromatic heterocycles. The Morgan fingerprint density at radius 1 is 1.07 bits per heavy atom. The molecule has 0 unspecified atom stereocenters. The number of fused-ring (bicyclic) bond motifs is 1. The maximum atomic E-state index is 13.1. The summed E-state index contributed by atoms with van der Waals surface area (Å²) in [6.45, 7) is 1.56. The van der Waals surface area contributed by atoms with Crippen molar-refractivity contribution in [1.82, 2.24) is 14.9 Å². The molecule has 0 radical (unpaired) electrons. The lowest BCUT2D eigenvalue weighted by Crippen LogP contribution is -2.20. The standard InChI is InChI=1S/C21H20F3N3O2/c22-21(23,24)18-4-2-1-3-16(18)10-25-8-7-17-11-26-13-27(17)12-15-5-6-19-20(9-15)29-14-28-19/h1-6,9,11,13,25H,7-8,10,12,14H2. The monoisotopic (exact) mass is 403 g/mol. The molecule has 152 valence electrons. The first-order valence-corrected chi connectivity index (χ1v) is 9.24. The molecule has 1 aliphatic heterocycles. The number of alkyl halides is 3. The maximum absolute atomic E-state index is 13.1. The number of ether oxygens (including phenoxy) is 2. The van der Waals surface area contributed by atoms with Gasteiger partial charge in [0.2, 0.25) is 6.79 Å². The SMILES string of the molecule is FC(F)(F)c1ccccc1CNCCc1cncn1Cc1ccc2c(c1)OCO2. The Hall–Kier alpha value is -3.00. The Kier molecular flexibility index (Phi) is 5.44. The van der Waals surface area contributed by atoms with Crippen LogP contribution in [0.1, 0.15) is 22.4 Å². The van der Waals surface area contributed by atoms with Crippen molar-refractivity contribution in [3.8, 4) is 11.5 Å². The maximum Gasteiger partial charge on any atom is 0.416 e. The number of hydrogen-bond acceptors (Lipinski definition) is 4.